The van der Waals surface area contributed by atoms with Crippen molar-refractivity contribution >= 4 is 12.0 Å². The lowest BCUT2D eigenvalue weighted by Gasteiger charge is -2.40. The summed E-state index contributed by atoms with van der Waals surface area (Å²) in [4.78, 5) is 10.6. The lowest BCUT2D eigenvalue weighted by Crippen LogP contribution is -2.58. The fourth-order valence-corrected chi connectivity index (χ4v) is 2.79. The molecular weight excluding hydrogens is 332 g/mol. The van der Waals surface area contributed by atoms with Crippen molar-refractivity contribution < 1.29 is 40.2 Å². The summed E-state index contributed by atoms with van der Waals surface area (Å²) in [6.07, 6.45) is -3.09. The highest BCUT2D eigenvalue weighted by atomic mass is 16.5. The fourth-order valence-electron chi connectivity index (χ4n) is 2.79. The molecule has 0 bridgehead atoms. The number of hydrogen-bond acceptors (Lipinski definition) is 7. The number of carboxylic acid groups (broad SMARTS) is 1. The van der Waals surface area contributed by atoms with Gasteiger partial charge in [-0.1, -0.05) is 6.07 Å². The Morgan fingerprint density at radius 1 is 1.12 bits per heavy atom. The van der Waals surface area contributed by atoms with Gasteiger partial charge in [0.05, 0.1) is 12.7 Å². The van der Waals surface area contributed by atoms with E-state index in [1.54, 1.807) is 12.1 Å². The number of phenolic OH excluding ortho intramolecular Hbond substituents is 1. The first kappa shape index (κ1) is 19.4. The van der Waals surface area contributed by atoms with Crippen LogP contribution in [-0.4, -0.2) is 73.7 Å². The minimum atomic E-state index is -1.44. The Hall–Kier alpha value is -1.97. The van der Waals surface area contributed by atoms with E-state index in [0.29, 0.717) is 11.1 Å². The summed E-state index contributed by atoms with van der Waals surface area (Å²) in [5, 5.41) is 57.3. The van der Waals surface area contributed by atoms with Gasteiger partial charge in [-0.15, -0.1) is 0 Å². The van der Waals surface area contributed by atoms with Crippen molar-refractivity contribution in [3.8, 4) is 5.75 Å². The van der Waals surface area contributed by atoms with E-state index in [1.807, 2.05) is 0 Å². The Morgan fingerprint density at radius 2 is 1.80 bits per heavy atom. The summed E-state index contributed by atoms with van der Waals surface area (Å²) in [6.45, 7) is -0.498. The van der Waals surface area contributed by atoms with Gasteiger partial charge in [0, 0.05) is 6.08 Å². The zero-order valence-corrected chi connectivity index (χ0v) is 13.4. The molecule has 0 saturated carbocycles. The fraction of sp³-hybridized carbons (Fsp3) is 0.471. The molecule has 0 aromatic heterocycles. The lowest BCUT2D eigenvalue weighted by atomic mass is 9.91. The number of phenols is 1. The molecule has 8 heteroatoms. The molecule has 0 spiro atoms. The van der Waals surface area contributed by atoms with Crippen LogP contribution in [0.5, 0.6) is 5.75 Å². The molecule has 1 heterocycles. The molecule has 6 N–H and O–H groups in total. The van der Waals surface area contributed by atoms with Crippen LogP contribution < -0.4 is 0 Å². The predicted molar refractivity (Wildman–Crippen MR) is 86.9 cm³/mol. The molecule has 1 aromatic carbocycles. The maximum absolute atomic E-state index is 10.6. The monoisotopic (exact) mass is 354 g/mol. The highest BCUT2D eigenvalue weighted by molar-refractivity contribution is 5.85. The molecule has 1 fully saturated rings. The molecule has 1 aliphatic heterocycles. The van der Waals surface area contributed by atoms with Gasteiger partial charge in [0.2, 0.25) is 0 Å². The van der Waals surface area contributed by atoms with Crippen molar-refractivity contribution in [2.45, 2.75) is 43.4 Å². The van der Waals surface area contributed by atoms with Crippen LogP contribution in [0, 0.1) is 0 Å². The minimum Gasteiger partial charge on any atom is -0.508 e. The number of hydrogen-bond donors (Lipinski definition) is 6. The Kier molecular flexibility index (Phi) is 6.51. The number of carboxylic acids is 1. The van der Waals surface area contributed by atoms with Crippen LogP contribution in [0.25, 0.3) is 6.08 Å². The third kappa shape index (κ3) is 4.77. The SMILES string of the molecule is O=C(O)/C=C/c1ccc(O)c(CC[C@@H]2OC(CO)[C@H](O)C(O)C2O)c1. The maximum atomic E-state index is 10.6. The third-order valence-electron chi connectivity index (χ3n) is 4.21. The van der Waals surface area contributed by atoms with Gasteiger partial charge in [-0.05, 0) is 42.2 Å². The Labute approximate surface area is 144 Å². The number of aliphatic carboxylic acids is 1. The number of carbonyl (C=O) groups is 1. The van der Waals surface area contributed by atoms with Crippen LogP contribution in [0.2, 0.25) is 0 Å². The first-order valence-corrected chi connectivity index (χ1v) is 7.87. The molecule has 5 atom stereocenters. The first-order valence-electron chi connectivity index (χ1n) is 7.87. The van der Waals surface area contributed by atoms with Crippen LogP contribution in [0.1, 0.15) is 17.5 Å². The second-order valence-corrected chi connectivity index (χ2v) is 5.97. The summed E-state index contributed by atoms with van der Waals surface area (Å²) in [5.74, 6) is -1.08. The quantitative estimate of drug-likeness (QED) is 0.366. The van der Waals surface area contributed by atoms with Crippen LogP contribution >= 0.6 is 0 Å². The molecule has 1 aromatic rings. The van der Waals surface area contributed by atoms with E-state index in [4.69, 9.17) is 9.84 Å². The normalized spacial score (nSPS) is 29.8. The summed E-state index contributed by atoms with van der Waals surface area (Å²) in [7, 11) is 0. The number of aromatic hydroxyl groups is 1. The zero-order valence-electron chi connectivity index (χ0n) is 13.4. The van der Waals surface area contributed by atoms with Gasteiger partial charge >= 0.3 is 5.97 Å². The van der Waals surface area contributed by atoms with Gasteiger partial charge in [-0.25, -0.2) is 4.79 Å². The molecule has 1 saturated heterocycles. The smallest absolute Gasteiger partial charge is 0.328 e. The van der Waals surface area contributed by atoms with Gasteiger partial charge in [0.15, 0.2) is 0 Å². The molecule has 0 amide bonds. The molecule has 8 nitrogen and oxygen atoms in total. The first-order chi connectivity index (χ1) is 11.8. The van der Waals surface area contributed by atoms with Crippen molar-refractivity contribution in [1.29, 1.82) is 0 Å². The summed E-state index contributed by atoms with van der Waals surface area (Å²) >= 11 is 0. The van der Waals surface area contributed by atoms with E-state index < -0.39 is 43.1 Å². The van der Waals surface area contributed by atoms with E-state index in [2.05, 4.69) is 0 Å². The Bertz CT molecular complexity index is 627. The highest BCUT2D eigenvalue weighted by Crippen LogP contribution is 2.27. The number of ether oxygens (including phenoxy) is 1. The van der Waals surface area contributed by atoms with Gasteiger partial charge in [-0.3, -0.25) is 0 Å². The van der Waals surface area contributed by atoms with Crippen molar-refractivity contribution in [2.75, 3.05) is 6.61 Å². The van der Waals surface area contributed by atoms with E-state index in [0.717, 1.165) is 6.08 Å². The minimum absolute atomic E-state index is 0.0112. The number of aliphatic hydroxyl groups excluding tert-OH is 4. The van der Waals surface area contributed by atoms with E-state index >= 15 is 0 Å². The molecule has 25 heavy (non-hydrogen) atoms. The van der Waals surface area contributed by atoms with Gasteiger partial charge < -0.3 is 35.4 Å². The van der Waals surface area contributed by atoms with Crippen LogP contribution in [0.4, 0.5) is 0 Å². The molecule has 1 aliphatic rings. The number of aliphatic hydroxyl groups is 4. The summed E-state index contributed by atoms with van der Waals surface area (Å²) in [5.41, 5.74) is 1.11. The van der Waals surface area contributed by atoms with Crippen LogP contribution in [0.3, 0.4) is 0 Å². The van der Waals surface area contributed by atoms with Gasteiger partial charge in [0.1, 0.15) is 30.2 Å². The third-order valence-corrected chi connectivity index (χ3v) is 4.21. The maximum Gasteiger partial charge on any atom is 0.328 e. The summed E-state index contributed by atoms with van der Waals surface area (Å²) < 4.78 is 5.42. The summed E-state index contributed by atoms with van der Waals surface area (Å²) in [6, 6.07) is 4.61. The Morgan fingerprint density at radius 3 is 2.44 bits per heavy atom. The predicted octanol–water partition coefficient (Wildman–Crippen LogP) is -0.735. The standard InChI is InChI=1S/C17H22O8/c18-8-13-16(23)17(24)15(22)12(25-13)5-3-10-7-9(1-4-11(10)19)2-6-14(20)21/h1-2,4,6-7,12-13,15-19,22-24H,3,5,8H2,(H,20,21)/b6-2+/t12-,13?,15?,16-,17?/m0/s1. The Balaban J connectivity index is 2.07. The molecular formula is C17H22O8. The molecule has 0 aliphatic carbocycles. The highest BCUT2D eigenvalue weighted by Gasteiger charge is 2.42. The molecule has 3 unspecified atom stereocenters. The molecule has 0 radical (unpaired) electrons. The van der Waals surface area contributed by atoms with Crippen LogP contribution in [0.15, 0.2) is 24.3 Å². The lowest BCUT2D eigenvalue weighted by molar-refractivity contribution is -0.230. The second kappa shape index (κ2) is 8.41. The average molecular weight is 354 g/mol. The largest absolute Gasteiger partial charge is 0.508 e. The average Bonchev–Trinajstić information content (AvgIpc) is 2.59. The molecule has 2 rings (SSSR count). The zero-order chi connectivity index (χ0) is 18.6. The van der Waals surface area contributed by atoms with E-state index in [9.17, 15) is 30.3 Å². The number of benzene rings is 1. The van der Waals surface area contributed by atoms with E-state index in [-0.39, 0.29) is 18.6 Å². The van der Waals surface area contributed by atoms with Crippen molar-refractivity contribution in [2.24, 2.45) is 0 Å². The van der Waals surface area contributed by atoms with Crippen molar-refractivity contribution in [3.05, 3.63) is 35.4 Å². The topological polar surface area (TPSA) is 148 Å². The van der Waals surface area contributed by atoms with Crippen LogP contribution in [-0.2, 0) is 16.0 Å². The van der Waals surface area contributed by atoms with Gasteiger partial charge in [0.25, 0.3) is 0 Å². The number of aryl methyl sites for hydroxylation is 1. The van der Waals surface area contributed by atoms with E-state index in [1.165, 1.54) is 12.1 Å². The van der Waals surface area contributed by atoms with Crippen molar-refractivity contribution in [3.63, 3.8) is 0 Å². The number of rotatable bonds is 6. The second-order valence-electron chi connectivity index (χ2n) is 5.97. The van der Waals surface area contributed by atoms with Crippen molar-refractivity contribution in [1.82, 2.24) is 0 Å². The van der Waals surface area contributed by atoms with Gasteiger partial charge in [-0.2, -0.15) is 0 Å². The molecule has 138 valence electrons.